The molecule has 1 aromatic heterocycles. The number of aromatic nitrogens is 2. The number of nitrogens with one attached hydrogen (secondary N) is 3. The van der Waals surface area contributed by atoms with E-state index >= 15 is 0 Å². The summed E-state index contributed by atoms with van der Waals surface area (Å²) in [5, 5.41) is 13.0. The van der Waals surface area contributed by atoms with Crippen LogP contribution in [0.4, 0.5) is 5.69 Å². The maximum Gasteiger partial charge on any atom is 0.241 e. The van der Waals surface area contributed by atoms with Gasteiger partial charge in [0.15, 0.2) is 0 Å². The molecule has 0 spiro atoms. The van der Waals surface area contributed by atoms with Crippen LogP contribution in [0.2, 0.25) is 0 Å². The minimum absolute atomic E-state index is 0.0546. The molecule has 2 heterocycles. The van der Waals surface area contributed by atoms with Crippen molar-refractivity contribution < 1.29 is 4.79 Å². The summed E-state index contributed by atoms with van der Waals surface area (Å²) in [5.74, 6) is 0.0546. The highest BCUT2D eigenvalue weighted by Crippen LogP contribution is 2.19. The molecule has 104 valence electrons. The van der Waals surface area contributed by atoms with Crippen molar-refractivity contribution in [3.63, 3.8) is 0 Å². The maximum absolute atomic E-state index is 12.1. The molecule has 1 fully saturated rings. The number of H-pyrrole nitrogens is 1. The molecule has 2 aromatic rings. The minimum Gasteiger partial charge on any atom is -0.325 e. The van der Waals surface area contributed by atoms with Gasteiger partial charge in [-0.05, 0) is 43.1 Å². The van der Waals surface area contributed by atoms with Crippen LogP contribution in [-0.2, 0) is 4.79 Å². The van der Waals surface area contributed by atoms with Gasteiger partial charge in [-0.3, -0.25) is 9.89 Å². The normalized spacial score (nSPS) is 18.7. The third-order valence-corrected chi connectivity index (χ3v) is 3.59. The summed E-state index contributed by atoms with van der Waals surface area (Å²) < 4.78 is 0. The molecular formula is C15H18N4O. The number of nitrogens with zero attached hydrogens (tertiary/aromatic N) is 1. The van der Waals surface area contributed by atoms with E-state index < -0.39 is 0 Å². The Bertz CT molecular complexity index is 556. The number of benzene rings is 1. The van der Waals surface area contributed by atoms with Crippen LogP contribution in [0, 0.1) is 0 Å². The number of hydrogen-bond donors (Lipinski definition) is 3. The second kappa shape index (κ2) is 5.88. The lowest BCUT2D eigenvalue weighted by atomic mass is 10.0. The number of aromatic amines is 1. The summed E-state index contributed by atoms with van der Waals surface area (Å²) in [6, 6.07) is 9.62. The van der Waals surface area contributed by atoms with Gasteiger partial charge in [0.25, 0.3) is 0 Å². The number of carbonyl (C=O) groups is 1. The molecule has 5 nitrogen and oxygen atoms in total. The van der Waals surface area contributed by atoms with Crippen molar-refractivity contribution >= 4 is 11.6 Å². The number of anilines is 1. The number of carbonyl (C=O) groups excluding carboxylic acids is 1. The van der Waals surface area contributed by atoms with Crippen LogP contribution < -0.4 is 10.6 Å². The second-order valence-corrected chi connectivity index (χ2v) is 5.04. The molecule has 1 aliphatic heterocycles. The summed E-state index contributed by atoms with van der Waals surface area (Å²) in [6.07, 6.45) is 4.91. The molecule has 3 N–H and O–H groups in total. The Hall–Kier alpha value is -2.14. The van der Waals surface area contributed by atoms with Gasteiger partial charge >= 0.3 is 0 Å². The van der Waals surface area contributed by atoms with E-state index in [1.54, 1.807) is 6.20 Å². The summed E-state index contributed by atoms with van der Waals surface area (Å²) >= 11 is 0. The van der Waals surface area contributed by atoms with Crippen molar-refractivity contribution in [2.75, 3.05) is 11.9 Å². The van der Waals surface area contributed by atoms with Crippen LogP contribution in [0.3, 0.4) is 0 Å². The van der Waals surface area contributed by atoms with E-state index in [1.165, 1.54) is 0 Å². The topological polar surface area (TPSA) is 69.8 Å². The van der Waals surface area contributed by atoms with Crippen molar-refractivity contribution in [2.45, 2.75) is 25.3 Å². The Morgan fingerprint density at radius 3 is 2.70 bits per heavy atom. The van der Waals surface area contributed by atoms with Crippen LogP contribution in [-0.4, -0.2) is 28.7 Å². The van der Waals surface area contributed by atoms with Gasteiger partial charge in [-0.25, -0.2) is 0 Å². The molecule has 5 heteroatoms. The summed E-state index contributed by atoms with van der Waals surface area (Å²) in [4.78, 5) is 12.1. The van der Waals surface area contributed by atoms with Crippen molar-refractivity contribution in [1.29, 1.82) is 0 Å². The lowest BCUT2D eigenvalue weighted by molar-refractivity contribution is -0.118. The molecule has 1 saturated heterocycles. The van der Waals surface area contributed by atoms with Crippen LogP contribution in [0.25, 0.3) is 11.3 Å². The Morgan fingerprint density at radius 2 is 2.05 bits per heavy atom. The zero-order valence-corrected chi connectivity index (χ0v) is 11.2. The van der Waals surface area contributed by atoms with Crippen LogP contribution in [0.5, 0.6) is 0 Å². The van der Waals surface area contributed by atoms with Gasteiger partial charge in [0.1, 0.15) is 0 Å². The van der Waals surface area contributed by atoms with Crippen LogP contribution >= 0.6 is 0 Å². The molecular weight excluding hydrogens is 252 g/mol. The fourth-order valence-electron chi connectivity index (χ4n) is 2.45. The van der Waals surface area contributed by atoms with E-state index in [4.69, 9.17) is 0 Å². The maximum atomic E-state index is 12.1. The van der Waals surface area contributed by atoms with E-state index in [-0.39, 0.29) is 11.9 Å². The van der Waals surface area contributed by atoms with Gasteiger partial charge in [0.05, 0.1) is 11.7 Å². The fraction of sp³-hybridized carbons (Fsp3) is 0.333. The molecule has 0 saturated carbocycles. The predicted molar refractivity (Wildman–Crippen MR) is 78.3 cm³/mol. The molecule has 0 aliphatic carbocycles. The van der Waals surface area contributed by atoms with E-state index in [2.05, 4.69) is 20.8 Å². The molecule has 0 bridgehead atoms. The molecule has 1 aliphatic rings. The van der Waals surface area contributed by atoms with E-state index in [1.807, 2.05) is 30.3 Å². The lowest BCUT2D eigenvalue weighted by Crippen LogP contribution is -2.43. The largest absolute Gasteiger partial charge is 0.325 e. The third-order valence-electron chi connectivity index (χ3n) is 3.59. The van der Waals surface area contributed by atoms with Crippen molar-refractivity contribution in [3.05, 3.63) is 36.5 Å². The monoisotopic (exact) mass is 270 g/mol. The highest BCUT2D eigenvalue weighted by Gasteiger charge is 2.20. The Kier molecular flexibility index (Phi) is 3.78. The second-order valence-electron chi connectivity index (χ2n) is 5.04. The van der Waals surface area contributed by atoms with Crippen LogP contribution in [0.15, 0.2) is 36.5 Å². The first-order valence-electron chi connectivity index (χ1n) is 6.97. The molecule has 1 amide bonds. The first kappa shape index (κ1) is 12.9. The smallest absolute Gasteiger partial charge is 0.241 e. The third kappa shape index (κ3) is 2.88. The van der Waals surface area contributed by atoms with Crippen molar-refractivity contribution in [1.82, 2.24) is 15.5 Å². The average molecular weight is 270 g/mol. The van der Waals surface area contributed by atoms with Gasteiger partial charge in [-0.15, -0.1) is 0 Å². The quantitative estimate of drug-likeness (QED) is 0.800. The Labute approximate surface area is 117 Å². The zero-order valence-electron chi connectivity index (χ0n) is 11.2. The predicted octanol–water partition coefficient (Wildman–Crippen LogP) is 2.16. The molecule has 1 aromatic carbocycles. The first-order valence-corrected chi connectivity index (χ1v) is 6.97. The molecule has 1 atom stereocenters. The number of rotatable bonds is 3. The minimum atomic E-state index is -0.0592. The fourth-order valence-corrected chi connectivity index (χ4v) is 2.45. The number of amides is 1. The number of hydrogen-bond acceptors (Lipinski definition) is 3. The highest BCUT2D eigenvalue weighted by molar-refractivity contribution is 5.95. The standard InChI is InChI=1S/C15H18N4O/c20-15(14-3-1-2-9-16-14)18-12-6-4-11(5-7-12)13-8-10-17-19-13/h4-8,10,14,16H,1-3,9H2,(H,17,19)(H,18,20)/t14-/m0/s1. The highest BCUT2D eigenvalue weighted by atomic mass is 16.2. The summed E-state index contributed by atoms with van der Waals surface area (Å²) in [6.45, 7) is 0.927. The molecule has 0 unspecified atom stereocenters. The van der Waals surface area contributed by atoms with Crippen molar-refractivity contribution in [3.8, 4) is 11.3 Å². The van der Waals surface area contributed by atoms with Crippen LogP contribution in [0.1, 0.15) is 19.3 Å². The SMILES string of the molecule is O=C(Nc1ccc(-c2ccn[nH]2)cc1)[C@@H]1CCCCN1. The summed E-state index contributed by atoms with van der Waals surface area (Å²) in [5.41, 5.74) is 2.85. The first-order chi connectivity index (χ1) is 9.83. The summed E-state index contributed by atoms with van der Waals surface area (Å²) in [7, 11) is 0. The van der Waals surface area contributed by atoms with Gasteiger partial charge in [-0.1, -0.05) is 18.6 Å². The van der Waals surface area contributed by atoms with E-state index in [9.17, 15) is 4.79 Å². The van der Waals surface area contributed by atoms with Gasteiger partial charge in [-0.2, -0.15) is 5.10 Å². The lowest BCUT2D eigenvalue weighted by Gasteiger charge is -2.22. The van der Waals surface area contributed by atoms with E-state index in [0.29, 0.717) is 0 Å². The Morgan fingerprint density at radius 1 is 1.20 bits per heavy atom. The number of piperidine rings is 1. The zero-order chi connectivity index (χ0) is 13.8. The van der Waals surface area contributed by atoms with Gasteiger partial charge in [0, 0.05) is 11.9 Å². The van der Waals surface area contributed by atoms with Crippen molar-refractivity contribution in [2.24, 2.45) is 0 Å². The average Bonchev–Trinajstić information content (AvgIpc) is 3.03. The van der Waals surface area contributed by atoms with Gasteiger partial charge < -0.3 is 10.6 Å². The molecule has 3 rings (SSSR count). The Balaban J connectivity index is 1.64. The molecule has 0 radical (unpaired) electrons. The van der Waals surface area contributed by atoms with E-state index in [0.717, 1.165) is 42.8 Å². The molecule has 20 heavy (non-hydrogen) atoms. The van der Waals surface area contributed by atoms with Gasteiger partial charge in [0.2, 0.25) is 5.91 Å².